The van der Waals surface area contributed by atoms with Crippen LogP contribution in [0.25, 0.3) is 0 Å². The first-order chi connectivity index (χ1) is 4.20. The average Bonchev–Trinajstić information content (AvgIpc) is 1.79. The van der Waals surface area contributed by atoms with E-state index in [1.54, 1.807) is 0 Å². The van der Waals surface area contributed by atoms with Gasteiger partial charge in [0.25, 0.3) is 0 Å². The van der Waals surface area contributed by atoms with Crippen LogP contribution in [0, 0.1) is 0 Å². The average molecular weight is 129 g/mol. The lowest BCUT2D eigenvalue weighted by Crippen LogP contribution is -2.45. The van der Waals surface area contributed by atoms with E-state index in [0.717, 1.165) is 13.0 Å². The van der Waals surface area contributed by atoms with Crippen LogP contribution in [0.4, 0.5) is 0 Å². The van der Waals surface area contributed by atoms with Gasteiger partial charge in [-0.1, -0.05) is 0 Å². The molecule has 0 saturated carbocycles. The van der Waals surface area contributed by atoms with Gasteiger partial charge >= 0.3 is 5.97 Å². The molecule has 0 aliphatic carbocycles. The maximum atomic E-state index is 10.1. The molecule has 1 rings (SSSR count). The topological polar surface area (TPSA) is 40.5 Å². The van der Waals surface area contributed by atoms with Crippen molar-refractivity contribution in [2.45, 2.75) is 18.9 Å². The number of hydrogen-bond donors (Lipinski definition) is 1. The molecule has 0 unspecified atom stereocenters. The van der Waals surface area contributed by atoms with E-state index in [1.165, 1.54) is 0 Å². The molecule has 1 aliphatic rings. The summed E-state index contributed by atoms with van der Waals surface area (Å²) in [5.41, 5.74) is 0. The maximum Gasteiger partial charge on any atom is 0.304 e. The Kier molecular flexibility index (Phi) is 1.71. The smallest absolute Gasteiger partial charge is 0.304 e. The predicted molar refractivity (Wildman–Crippen MR) is 33.3 cm³/mol. The van der Waals surface area contributed by atoms with Gasteiger partial charge in [-0.15, -0.1) is 0 Å². The zero-order valence-corrected chi connectivity index (χ0v) is 5.50. The highest BCUT2D eigenvalue weighted by molar-refractivity contribution is 5.67. The summed E-state index contributed by atoms with van der Waals surface area (Å²) in [5, 5.41) is 8.34. The van der Waals surface area contributed by atoms with Crippen LogP contribution in [0.5, 0.6) is 0 Å². The second kappa shape index (κ2) is 2.35. The molecule has 1 saturated heterocycles. The summed E-state index contributed by atoms with van der Waals surface area (Å²) >= 11 is 0. The van der Waals surface area contributed by atoms with Gasteiger partial charge in [0.05, 0.1) is 6.42 Å². The molecule has 0 radical (unpaired) electrons. The maximum absolute atomic E-state index is 10.1. The Morgan fingerprint density at radius 2 is 2.56 bits per heavy atom. The van der Waals surface area contributed by atoms with Gasteiger partial charge in [-0.2, -0.15) is 0 Å². The Morgan fingerprint density at radius 1 is 1.89 bits per heavy atom. The summed E-state index contributed by atoms with van der Waals surface area (Å²) in [6.07, 6.45) is 1.35. The predicted octanol–water partition coefficient (Wildman–Crippen LogP) is 0.165. The summed E-state index contributed by atoms with van der Waals surface area (Å²) in [5.74, 6) is -0.688. The van der Waals surface area contributed by atoms with Crippen molar-refractivity contribution in [2.24, 2.45) is 0 Å². The summed E-state index contributed by atoms with van der Waals surface area (Å²) in [6, 6.07) is 0.308. The fourth-order valence-corrected chi connectivity index (χ4v) is 1.03. The number of aliphatic carboxylic acids is 1. The number of nitrogens with zero attached hydrogens (tertiary/aromatic N) is 1. The standard InChI is InChI=1S/C6H11NO2/c1-7-3-2-5(7)4-6(8)9/h5H,2-4H2,1H3,(H,8,9)/t5-/m0/s1. The normalized spacial score (nSPS) is 27.4. The third-order valence-corrected chi connectivity index (χ3v) is 1.85. The van der Waals surface area contributed by atoms with Gasteiger partial charge in [-0.3, -0.25) is 4.79 Å². The van der Waals surface area contributed by atoms with Gasteiger partial charge in [0, 0.05) is 6.04 Å². The SMILES string of the molecule is CN1CC[C@H]1CC(=O)O. The van der Waals surface area contributed by atoms with E-state index in [2.05, 4.69) is 4.90 Å². The third kappa shape index (κ3) is 1.42. The van der Waals surface area contributed by atoms with Gasteiger partial charge in [0.15, 0.2) is 0 Å². The molecule has 0 spiro atoms. The quantitative estimate of drug-likeness (QED) is 0.577. The zero-order valence-electron chi connectivity index (χ0n) is 5.50. The molecule has 0 aromatic carbocycles. The lowest BCUT2D eigenvalue weighted by Gasteiger charge is -2.36. The highest BCUT2D eigenvalue weighted by Gasteiger charge is 2.25. The molecular weight excluding hydrogens is 118 g/mol. The van der Waals surface area contributed by atoms with Crippen LogP contribution < -0.4 is 0 Å². The number of carboxylic acid groups (broad SMARTS) is 1. The fourth-order valence-electron chi connectivity index (χ4n) is 1.03. The summed E-state index contributed by atoms with van der Waals surface area (Å²) in [7, 11) is 1.96. The van der Waals surface area contributed by atoms with Crippen LogP contribution in [0.3, 0.4) is 0 Å². The van der Waals surface area contributed by atoms with E-state index in [-0.39, 0.29) is 0 Å². The molecule has 52 valence electrons. The molecule has 1 heterocycles. The summed E-state index contributed by atoms with van der Waals surface area (Å²) in [6.45, 7) is 1.05. The van der Waals surface area contributed by atoms with Gasteiger partial charge in [0.2, 0.25) is 0 Å². The van der Waals surface area contributed by atoms with E-state index in [9.17, 15) is 4.79 Å². The van der Waals surface area contributed by atoms with E-state index in [1.807, 2.05) is 7.05 Å². The van der Waals surface area contributed by atoms with E-state index < -0.39 is 5.97 Å². The second-order valence-electron chi connectivity index (χ2n) is 2.52. The van der Waals surface area contributed by atoms with Crippen molar-refractivity contribution < 1.29 is 9.90 Å². The molecule has 3 heteroatoms. The number of hydrogen-bond acceptors (Lipinski definition) is 2. The molecule has 3 nitrogen and oxygen atoms in total. The first kappa shape index (κ1) is 6.55. The van der Waals surface area contributed by atoms with Crippen molar-refractivity contribution in [3.05, 3.63) is 0 Å². The first-order valence-corrected chi connectivity index (χ1v) is 3.12. The lowest BCUT2D eigenvalue weighted by atomic mass is 10.0. The number of rotatable bonds is 2. The highest BCUT2D eigenvalue weighted by Crippen LogP contribution is 2.16. The van der Waals surface area contributed by atoms with Crippen LogP contribution in [-0.4, -0.2) is 35.6 Å². The molecular formula is C6H11NO2. The number of carbonyl (C=O) groups is 1. The minimum Gasteiger partial charge on any atom is -0.481 e. The van der Waals surface area contributed by atoms with Crippen molar-refractivity contribution in [1.29, 1.82) is 0 Å². The van der Waals surface area contributed by atoms with Crippen molar-refractivity contribution in [1.82, 2.24) is 4.90 Å². The third-order valence-electron chi connectivity index (χ3n) is 1.85. The number of likely N-dealkylation sites (tertiary alicyclic amines) is 1. The minimum atomic E-state index is -0.688. The van der Waals surface area contributed by atoms with Crippen LogP contribution in [-0.2, 0) is 4.79 Å². The van der Waals surface area contributed by atoms with Crippen LogP contribution >= 0.6 is 0 Å². The van der Waals surface area contributed by atoms with Crippen LogP contribution in [0.1, 0.15) is 12.8 Å². The van der Waals surface area contributed by atoms with Gasteiger partial charge < -0.3 is 10.0 Å². The monoisotopic (exact) mass is 129 g/mol. The molecule has 9 heavy (non-hydrogen) atoms. The largest absolute Gasteiger partial charge is 0.481 e. The van der Waals surface area contributed by atoms with E-state index >= 15 is 0 Å². The van der Waals surface area contributed by atoms with Crippen molar-refractivity contribution in [3.63, 3.8) is 0 Å². The molecule has 0 aromatic heterocycles. The molecule has 0 bridgehead atoms. The molecule has 0 aromatic rings. The first-order valence-electron chi connectivity index (χ1n) is 3.12. The molecule has 1 atom stereocenters. The Bertz CT molecular complexity index is 124. The molecule has 1 fully saturated rings. The van der Waals surface area contributed by atoms with Crippen molar-refractivity contribution in [2.75, 3.05) is 13.6 Å². The Labute approximate surface area is 54.3 Å². The molecule has 1 N–H and O–H groups in total. The second-order valence-corrected chi connectivity index (χ2v) is 2.52. The van der Waals surface area contributed by atoms with Crippen molar-refractivity contribution >= 4 is 5.97 Å². The van der Waals surface area contributed by atoms with Gasteiger partial charge in [-0.05, 0) is 20.0 Å². The van der Waals surface area contributed by atoms with Crippen LogP contribution in [0.15, 0.2) is 0 Å². The Hall–Kier alpha value is -0.570. The lowest BCUT2D eigenvalue weighted by molar-refractivity contribution is -0.139. The Morgan fingerprint density at radius 3 is 2.67 bits per heavy atom. The van der Waals surface area contributed by atoms with E-state index in [0.29, 0.717) is 12.5 Å². The van der Waals surface area contributed by atoms with Gasteiger partial charge in [-0.25, -0.2) is 0 Å². The van der Waals surface area contributed by atoms with Gasteiger partial charge in [0.1, 0.15) is 0 Å². The fraction of sp³-hybridized carbons (Fsp3) is 0.833. The Balaban J connectivity index is 2.21. The van der Waals surface area contributed by atoms with E-state index in [4.69, 9.17) is 5.11 Å². The molecule has 0 amide bonds. The highest BCUT2D eigenvalue weighted by atomic mass is 16.4. The zero-order chi connectivity index (χ0) is 6.85. The summed E-state index contributed by atoms with van der Waals surface area (Å²) < 4.78 is 0. The number of carboxylic acids is 1. The van der Waals surface area contributed by atoms with Crippen LogP contribution in [0.2, 0.25) is 0 Å². The minimum absolute atomic E-state index is 0.302. The summed E-state index contributed by atoms with van der Waals surface area (Å²) in [4.78, 5) is 12.2. The van der Waals surface area contributed by atoms with Crippen molar-refractivity contribution in [3.8, 4) is 0 Å². The molecule has 1 aliphatic heterocycles.